The van der Waals surface area contributed by atoms with Gasteiger partial charge < -0.3 is 9.64 Å². The number of hydrogen-bond acceptors (Lipinski definition) is 3. The SMILES string of the molecule is CCN1C(=O)C(Br)(c2ccc(Cl)cc2)C(=O)c2cc(Br)c(OC)cc21. The number of rotatable bonds is 3. The predicted molar refractivity (Wildman–Crippen MR) is 105 cm³/mol. The first-order valence-electron chi connectivity index (χ1n) is 7.53. The van der Waals surface area contributed by atoms with E-state index in [4.69, 9.17) is 16.3 Å². The minimum atomic E-state index is -1.48. The van der Waals surface area contributed by atoms with Gasteiger partial charge in [-0.2, -0.15) is 0 Å². The summed E-state index contributed by atoms with van der Waals surface area (Å²) in [4.78, 5) is 28.0. The number of methoxy groups -OCH3 is 1. The van der Waals surface area contributed by atoms with E-state index in [1.165, 1.54) is 7.11 Å². The Morgan fingerprint density at radius 3 is 2.40 bits per heavy atom. The molecule has 1 aliphatic rings. The molecule has 0 N–H and O–H groups in total. The molecular weight excluding hydrogens is 473 g/mol. The second-order valence-corrected chi connectivity index (χ2v) is 8.03. The van der Waals surface area contributed by atoms with Gasteiger partial charge in [0.2, 0.25) is 0 Å². The molecular formula is C18H14Br2ClNO3. The molecule has 0 saturated carbocycles. The number of amides is 1. The van der Waals surface area contributed by atoms with Crippen LogP contribution in [0.2, 0.25) is 5.02 Å². The van der Waals surface area contributed by atoms with Crippen LogP contribution in [-0.2, 0) is 9.12 Å². The molecule has 1 unspecified atom stereocenters. The second kappa shape index (κ2) is 6.74. The van der Waals surface area contributed by atoms with E-state index < -0.39 is 4.32 Å². The van der Waals surface area contributed by atoms with Crippen molar-refractivity contribution >= 4 is 60.8 Å². The third kappa shape index (κ3) is 2.80. The van der Waals surface area contributed by atoms with Gasteiger partial charge in [0.15, 0.2) is 10.1 Å². The Bertz CT molecular complexity index is 869. The lowest BCUT2D eigenvalue weighted by Crippen LogP contribution is -2.52. The quantitative estimate of drug-likeness (QED) is 0.455. The van der Waals surface area contributed by atoms with Crippen molar-refractivity contribution in [2.75, 3.05) is 18.6 Å². The Hall–Kier alpha value is -1.37. The Balaban J connectivity index is 2.25. The summed E-state index contributed by atoms with van der Waals surface area (Å²) in [6, 6.07) is 10.1. The fourth-order valence-electron chi connectivity index (χ4n) is 2.93. The molecule has 1 aliphatic heterocycles. The van der Waals surface area contributed by atoms with Gasteiger partial charge in [0.25, 0.3) is 5.91 Å². The number of ketones is 1. The molecule has 25 heavy (non-hydrogen) atoms. The smallest absolute Gasteiger partial charge is 0.256 e. The van der Waals surface area contributed by atoms with Crippen LogP contribution in [0.4, 0.5) is 5.69 Å². The molecule has 3 rings (SSSR count). The first kappa shape index (κ1) is 18.4. The van der Waals surface area contributed by atoms with Gasteiger partial charge in [-0.05, 0) is 46.6 Å². The van der Waals surface area contributed by atoms with Crippen LogP contribution in [0.3, 0.4) is 0 Å². The topological polar surface area (TPSA) is 46.6 Å². The van der Waals surface area contributed by atoms with Crippen LogP contribution >= 0.6 is 43.5 Å². The zero-order valence-corrected chi connectivity index (χ0v) is 17.4. The van der Waals surface area contributed by atoms with Crippen LogP contribution in [0, 0.1) is 0 Å². The van der Waals surface area contributed by atoms with Gasteiger partial charge in [0.05, 0.1) is 17.3 Å². The third-order valence-electron chi connectivity index (χ3n) is 4.22. The molecule has 0 spiro atoms. The maximum absolute atomic E-state index is 13.3. The molecule has 1 amide bonds. The minimum Gasteiger partial charge on any atom is -0.495 e. The van der Waals surface area contributed by atoms with Gasteiger partial charge in [-0.25, -0.2) is 0 Å². The molecule has 4 nitrogen and oxygen atoms in total. The van der Waals surface area contributed by atoms with Crippen LogP contribution < -0.4 is 9.64 Å². The monoisotopic (exact) mass is 485 g/mol. The van der Waals surface area contributed by atoms with E-state index in [-0.39, 0.29) is 11.7 Å². The van der Waals surface area contributed by atoms with E-state index in [0.29, 0.717) is 38.6 Å². The lowest BCUT2D eigenvalue weighted by molar-refractivity contribution is -0.120. The van der Waals surface area contributed by atoms with E-state index in [0.717, 1.165) is 0 Å². The third-order valence-corrected chi connectivity index (χ3v) is 6.25. The van der Waals surface area contributed by atoms with Crippen LogP contribution in [0.25, 0.3) is 0 Å². The largest absolute Gasteiger partial charge is 0.495 e. The Morgan fingerprint density at radius 1 is 1.20 bits per heavy atom. The summed E-state index contributed by atoms with van der Waals surface area (Å²) in [7, 11) is 1.54. The number of ether oxygens (including phenoxy) is 1. The highest BCUT2D eigenvalue weighted by Crippen LogP contribution is 2.46. The summed E-state index contributed by atoms with van der Waals surface area (Å²) in [5.41, 5.74) is 1.53. The van der Waals surface area contributed by atoms with Gasteiger partial charge in [-0.1, -0.05) is 39.7 Å². The van der Waals surface area contributed by atoms with Gasteiger partial charge in [0, 0.05) is 23.2 Å². The number of alkyl halides is 1. The number of halogens is 3. The van der Waals surface area contributed by atoms with Crippen molar-refractivity contribution in [3.05, 3.63) is 57.0 Å². The summed E-state index contributed by atoms with van der Waals surface area (Å²) in [6.07, 6.45) is 0. The fraction of sp³-hybridized carbons (Fsp3) is 0.222. The molecule has 0 fully saturated rings. The highest BCUT2D eigenvalue weighted by Gasteiger charge is 2.52. The molecule has 0 saturated heterocycles. The first-order chi connectivity index (χ1) is 11.8. The summed E-state index contributed by atoms with van der Waals surface area (Å²) in [5.74, 6) is -0.0894. The van der Waals surface area contributed by atoms with Gasteiger partial charge in [0.1, 0.15) is 5.75 Å². The van der Waals surface area contributed by atoms with Gasteiger partial charge in [-0.15, -0.1) is 0 Å². The number of carbonyl (C=O) groups excluding carboxylic acids is 2. The number of anilines is 1. The number of nitrogens with zero attached hydrogens (tertiary/aromatic N) is 1. The van der Waals surface area contributed by atoms with E-state index in [1.807, 2.05) is 6.92 Å². The van der Waals surface area contributed by atoms with E-state index in [2.05, 4.69) is 31.9 Å². The average Bonchev–Trinajstić information content (AvgIpc) is 2.61. The highest BCUT2D eigenvalue weighted by molar-refractivity contribution is 9.10. The number of carbonyl (C=O) groups is 2. The summed E-state index contributed by atoms with van der Waals surface area (Å²) >= 11 is 12.8. The maximum atomic E-state index is 13.3. The van der Waals surface area contributed by atoms with Crippen LogP contribution in [-0.4, -0.2) is 25.3 Å². The van der Waals surface area contributed by atoms with Crippen molar-refractivity contribution in [1.82, 2.24) is 0 Å². The Labute approximate surface area is 167 Å². The van der Waals surface area contributed by atoms with Crippen LogP contribution in [0.5, 0.6) is 5.75 Å². The molecule has 0 aromatic heterocycles. The molecule has 2 aromatic carbocycles. The zero-order chi connectivity index (χ0) is 18.4. The van der Waals surface area contributed by atoms with Crippen molar-refractivity contribution in [3.63, 3.8) is 0 Å². The van der Waals surface area contributed by atoms with Crippen molar-refractivity contribution in [2.45, 2.75) is 11.2 Å². The molecule has 0 bridgehead atoms. The standard InChI is InChI=1S/C18H14Br2ClNO3/c1-3-22-14-9-15(25-2)13(19)8-12(14)16(23)18(20,17(22)24)10-4-6-11(21)7-5-10/h4-9H,3H2,1-2H3. The summed E-state index contributed by atoms with van der Waals surface area (Å²) in [6.45, 7) is 2.28. The molecule has 2 aromatic rings. The Kier molecular flexibility index (Phi) is 4.97. The maximum Gasteiger partial charge on any atom is 0.256 e. The number of hydrogen-bond donors (Lipinski definition) is 0. The normalized spacial score (nSPS) is 19.8. The average molecular weight is 488 g/mol. The van der Waals surface area contributed by atoms with Crippen molar-refractivity contribution in [2.24, 2.45) is 0 Å². The Morgan fingerprint density at radius 2 is 1.84 bits per heavy atom. The van der Waals surface area contributed by atoms with Crippen LogP contribution in [0.15, 0.2) is 40.9 Å². The molecule has 0 radical (unpaired) electrons. The van der Waals surface area contributed by atoms with Gasteiger partial charge in [-0.3, -0.25) is 9.59 Å². The van der Waals surface area contributed by atoms with E-state index in [9.17, 15) is 9.59 Å². The molecule has 1 heterocycles. The lowest BCUT2D eigenvalue weighted by Gasteiger charge is -2.38. The fourth-order valence-corrected chi connectivity index (χ4v) is 4.25. The van der Waals surface area contributed by atoms with E-state index >= 15 is 0 Å². The van der Waals surface area contributed by atoms with Crippen LogP contribution in [0.1, 0.15) is 22.8 Å². The second-order valence-electron chi connectivity index (χ2n) is 5.55. The summed E-state index contributed by atoms with van der Waals surface area (Å²) < 4.78 is 4.48. The van der Waals surface area contributed by atoms with Crippen molar-refractivity contribution < 1.29 is 14.3 Å². The minimum absolute atomic E-state index is 0.317. The number of Topliss-reactive ketones (excluding diaryl/α,β-unsaturated/α-hetero) is 1. The predicted octanol–water partition coefficient (Wildman–Crippen LogP) is 4.95. The number of likely N-dealkylation sites (N-methyl/N-ethyl adjacent to an activating group) is 1. The van der Waals surface area contributed by atoms with Crippen molar-refractivity contribution in [3.8, 4) is 5.75 Å². The van der Waals surface area contributed by atoms with E-state index in [1.54, 1.807) is 41.3 Å². The zero-order valence-electron chi connectivity index (χ0n) is 13.5. The molecule has 1 atom stereocenters. The molecule has 130 valence electrons. The number of fused-ring (bicyclic) bond motifs is 1. The number of benzene rings is 2. The highest BCUT2D eigenvalue weighted by atomic mass is 79.9. The van der Waals surface area contributed by atoms with Crippen molar-refractivity contribution in [1.29, 1.82) is 0 Å². The molecule has 0 aliphatic carbocycles. The first-order valence-corrected chi connectivity index (χ1v) is 9.50. The molecule has 7 heteroatoms. The summed E-state index contributed by atoms with van der Waals surface area (Å²) in [5, 5.41) is 0.538. The lowest BCUT2D eigenvalue weighted by atomic mass is 9.84. The van der Waals surface area contributed by atoms with Gasteiger partial charge >= 0.3 is 0 Å².